The highest BCUT2D eigenvalue weighted by molar-refractivity contribution is 9.10. The highest BCUT2D eigenvalue weighted by Gasteiger charge is 2.25. The molecule has 2 N–H and O–H groups in total. The second-order valence-corrected chi connectivity index (χ2v) is 7.67. The Morgan fingerprint density at radius 3 is 2.55 bits per heavy atom. The molecule has 0 spiro atoms. The average Bonchev–Trinajstić information content (AvgIpc) is 2.54. The maximum Gasteiger partial charge on any atom is 0.408 e. The standard InChI is InChI=1S/C12H15BrClNO4S/c1-12(2,3)19-11(18)15-8(10(16)17)5-6-4-7(13)9(14)20-6/h4,8H,5H2,1-3H3,(H,15,18)(H,16,17). The number of thiophene rings is 1. The number of alkyl carbamates (subject to hydrolysis) is 1. The van der Waals surface area contributed by atoms with Crippen molar-refractivity contribution in [2.45, 2.75) is 38.8 Å². The number of amides is 1. The van der Waals surface area contributed by atoms with E-state index in [1.54, 1.807) is 26.8 Å². The van der Waals surface area contributed by atoms with Gasteiger partial charge in [0.15, 0.2) is 0 Å². The van der Waals surface area contributed by atoms with Crippen molar-refractivity contribution in [1.29, 1.82) is 0 Å². The number of aliphatic carboxylic acids is 1. The summed E-state index contributed by atoms with van der Waals surface area (Å²) in [6, 6.07) is 0.672. The molecule has 5 nitrogen and oxygen atoms in total. The molecule has 8 heteroatoms. The Morgan fingerprint density at radius 1 is 1.55 bits per heavy atom. The van der Waals surface area contributed by atoms with E-state index in [2.05, 4.69) is 21.2 Å². The van der Waals surface area contributed by atoms with E-state index in [1.807, 2.05) is 0 Å². The van der Waals surface area contributed by atoms with Crippen LogP contribution in [0.4, 0.5) is 4.79 Å². The van der Waals surface area contributed by atoms with Crippen molar-refractivity contribution >= 4 is 50.9 Å². The molecule has 0 bridgehead atoms. The second kappa shape index (κ2) is 6.78. The van der Waals surface area contributed by atoms with Crippen molar-refractivity contribution in [2.75, 3.05) is 0 Å². The van der Waals surface area contributed by atoms with Gasteiger partial charge >= 0.3 is 12.1 Å². The normalized spacial score (nSPS) is 12.8. The topological polar surface area (TPSA) is 75.6 Å². The number of ether oxygens (including phenoxy) is 1. The number of carboxylic acids is 1. The van der Waals surface area contributed by atoms with Crippen molar-refractivity contribution in [1.82, 2.24) is 5.32 Å². The van der Waals surface area contributed by atoms with Crippen LogP contribution >= 0.6 is 38.9 Å². The molecule has 0 saturated heterocycles. The monoisotopic (exact) mass is 383 g/mol. The first-order chi connectivity index (χ1) is 9.08. The van der Waals surface area contributed by atoms with Gasteiger partial charge < -0.3 is 15.2 Å². The molecule has 0 aliphatic heterocycles. The Kier molecular flexibility index (Phi) is 5.85. The molecule has 0 saturated carbocycles. The maximum absolute atomic E-state index is 11.6. The minimum absolute atomic E-state index is 0.143. The summed E-state index contributed by atoms with van der Waals surface area (Å²) < 4.78 is 6.29. The van der Waals surface area contributed by atoms with Crippen molar-refractivity contribution in [3.8, 4) is 0 Å². The van der Waals surface area contributed by atoms with Crippen LogP contribution in [0.15, 0.2) is 10.5 Å². The van der Waals surface area contributed by atoms with Gasteiger partial charge in [0.25, 0.3) is 0 Å². The summed E-state index contributed by atoms with van der Waals surface area (Å²) in [5.41, 5.74) is -0.678. The lowest BCUT2D eigenvalue weighted by molar-refractivity contribution is -0.139. The van der Waals surface area contributed by atoms with Crippen molar-refractivity contribution in [2.24, 2.45) is 0 Å². The van der Waals surface area contributed by atoms with Crippen LogP contribution in [0, 0.1) is 0 Å². The summed E-state index contributed by atoms with van der Waals surface area (Å²) in [6.07, 6.45) is -0.614. The Balaban J connectivity index is 2.70. The molecule has 20 heavy (non-hydrogen) atoms. The molecule has 1 aromatic heterocycles. The zero-order valence-electron chi connectivity index (χ0n) is 11.2. The van der Waals surface area contributed by atoms with Gasteiger partial charge in [-0.2, -0.15) is 0 Å². The summed E-state index contributed by atoms with van der Waals surface area (Å²) in [5.74, 6) is -1.13. The molecule has 0 fully saturated rings. The lowest BCUT2D eigenvalue weighted by Crippen LogP contribution is -2.44. The number of halogens is 2. The summed E-state index contributed by atoms with van der Waals surface area (Å²) >= 11 is 10.4. The lowest BCUT2D eigenvalue weighted by atomic mass is 10.2. The predicted octanol–water partition coefficient (Wildman–Crippen LogP) is 3.68. The number of rotatable bonds is 4. The molecule has 0 aliphatic rings. The fourth-order valence-electron chi connectivity index (χ4n) is 1.34. The number of hydrogen-bond donors (Lipinski definition) is 2. The van der Waals surface area contributed by atoms with E-state index in [1.165, 1.54) is 11.3 Å². The number of nitrogens with one attached hydrogen (secondary N) is 1. The van der Waals surface area contributed by atoms with Gasteiger partial charge in [-0.05, 0) is 42.8 Å². The Bertz CT molecular complexity index is 493. The number of carboxylic acid groups (broad SMARTS) is 1. The fourth-order valence-corrected chi connectivity index (χ4v) is 3.18. The molecule has 0 aromatic carbocycles. The molecule has 1 heterocycles. The molecule has 1 unspecified atom stereocenters. The largest absolute Gasteiger partial charge is 0.480 e. The number of carbonyl (C=O) groups is 2. The SMILES string of the molecule is CC(C)(C)OC(=O)NC(Cc1cc(Br)c(Cl)s1)C(=O)O. The van der Waals surface area contributed by atoms with E-state index >= 15 is 0 Å². The molecule has 1 rings (SSSR count). The molecule has 112 valence electrons. The van der Waals surface area contributed by atoms with E-state index in [9.17, 15) is 9.59 Å². The van der Waals surface area contributed by atoms with E-state index in [0.717, 1.165) is 4.88 Å². The van der Waals surface area contributed by atoms with Crippen LogP contribution in [-0.4, -0.2) is 28.8 Å². The third kappa shape index (κ3) is 5.68. The zero-order chi connectivity index (χ0) is 15.5. The first-order valence-electron chi connectivity index (χ1n) is 5.74. The average molecular weight is 385 g/mol. The fraction of sp³-hybridized carbons (Fsp3) is 0.500. The van der Waals surface area contributed by atoms with Crippen LogP contribution in [0.25, 0.3) is 0 Å². The first kappa shape index (κ1) is 17.3. The molecule has 1 amide bonds. The zero-order valence-corrected chi connectivity index (χ0v) is 14.4. The molecular formula is C12H15BrClNO4S. The van der Waals surface area contributed by atoms with Crippen LogP contribution in [0.5, 0.6) is 0 Å². The van der Waals surface area contributed by atoms with Gasteiger partial charge in [0, 0.05) is 15.8 Å². The Morgan fingerprint density at radius 2 is 2.15 bits per heavy atom. The smallest absolute Gasteiger partial charge is 0.408 e. The molecule has 0 radical (unpaired) electrons. The Labute approximate surface area is 134 Å². The summed E-state index contributed by atoms with van der Waals surface area (Å²) in [5, 5.41) is 11.5. The summed E-state index contributed by atoms with van der Waals surface area (Å²) in [4.78, 5) is 23.5. The van der Waals surface area contributed by atoms with E-state index in [0.29, 0.717) is 8.81 Å². The van der Waals surface area contributed by atoms with Crippen LogP contribution in [0.1, 0.15) is 25.6 Å². The number of hydrogen-bond acceptors (Lipinski definition) is 4. The van der Waals surface area contributed by atoms with Crippen molar-refractivity contribution in [3.63, 3.8) is 0 Å². The quantitative estimate of drug-likeness (QED) is 0.830. The second-order valence-electron chi connectivity index (χ2n) is 5.08. The first-order valence-corrected chi connectivity index (χ1v) is 7.73. The maximum atomic E-state index is 11.6. The van der Waals surface area contributed by atoms with Gasteiger partial charge in [0.2, 0.25) is 0 Å². The van der Waals surface area contributed by atoms with Crippen LogP contribution < -0.4 is 5.32 Å². The van der Waals surface area contributed by atoms with Crippen molar-refractivity contribution < 1.29 is 19.4 Å². The Hall–Kier alpha value is -0.790. The highest BCUT2D eigenvalue weighted by Crippen LogP contribution is 2.32. The van der Waals surface area contributed by atoms with Gasteiger partial charge in [-0.3, -0.25) is 0 Å². The van der Waals surface area contributed by atoms with Gasteiger partial charge in [-0.15, -0.1) is 11.3 Å². The summed E-state index contributed by atoms with van der Waals surface area (Å²) in [6.45, 7) is 5.12. The minimum atomic E-state index is -1.13. The minimum Gasteiger partial charge on any atom is -0.480 e. The van der Waals surface area contributed by atoms with E-state index in [-0.39, 0.29) is 6.42 Å². The van der Waals surface area contributed by atoms with Gasteiger partial charge in [-0.25, -0.2) is 9.59 Å². The van der Waals surface area contributed by atoms with Gasteiger partial charge in [0.05, 0.1) is 0 Å². The van der Waals surface area contributed by atoms with E-state index < -0.39 is 23.7 Å². The third-order valence-corrected chi connectivity index (χ3v) is 4.59. The lowest BCUT2D eigenvalue weighted by Gasteiger charge is -2.21. The van der Waals surface area contributed by atoms with Crippen molar-refractivity contribution in [3.05, 3.63) is 19.8 Å². The summed E-state index contributed by atoms with van der Waals surface area (Å²) in [7, 11) is 0. The molecular weight excluding hydrogens is 370 g/mol. The predicted molar refractivity (Wildman–Crippen MR) is 81.5 cm³/mol. The third-order valence-electron chi connectivity index (χ3n) is 2.09. The molecule has 1 aromatic rings. The number of carbonyl (C=O) groups excluding carboxylic acids is 1. The molecule has 0 aliphatic carbocycles. The van der Waals surface area contributed by atoms with Crippen LogP contribution in [-0.2, 0) is 16.0 Å². The molecule has 1 atom stereocenters. The van der Waals surface area contributed by atoms with Crippen LogP contribution in [0.2, 0.25) is 4.34 Å². The van der Waals surface area contributed by atoms with Crippen LogP contribution in [0.3, 0.4) is 0 Å². The van der Waals surface area contributed by atoms with Gasteiger partial charge in [0.1, 0.15) is 16.0 Å². The van der Waals surface area contributed by atoms with E-state index in [4.69, 9.17) is 21.4 Å². The van der Waals surface area contributed by atoms with Gasteiger partial charge in [-0.1, -0.05) is 11.6 Å². The highest BCUT2D eigenvalue weighted by atomic mass is 79.9.